The van der Waals surface area contributed by atoms with Crippen LogP contribution in [0.15, 0.2) is 42.5 Å². The molecule has 5 rings (SSSR count). The van der Waals surface area contributed by atoms with Crippen molar-refractivity contribution < 1.29 is 24.1 Å². The van der Waals surface area contributed by atoms with Crippen molar-refractivity contribution in [2.45, 2.75) is 57.1 Å². The number of anilines is 1. The number of hydrogen-bond acceptors (Lipinski definition) is 5. The number of rotatable bonds is 7. The first-order valence-corrected chi connectivity index (χ1v) is 11.7. The Balaban J connectivity index is 1.42. The zero-order valence-corrected chi connectivity index (χ0v) is 20.2. The summed E-state index contributed by atoms with van der Waals surface area (Å²) in [6.45, 7) is 7.42. The van der Waals surface area contributed by atoms with E-state index in [-0.39, 0.29) is 24.7 Å². The van der Waals surface area contributed by atoms with Gasteiger partial charge in [-0.05, 0) is 54.8 Å². The summed E-state index contributed by atoms with van der Waals surface area (Å²) < 4.78 is 18.2. The standard InChI is InChI=1S/C27H32N2O5/c1-26(2,3)24-12-17-11-19(6-7-21(17)29(24)14-20(30)15-32-4)28-25(31)27(9-10-27)18-5-8-22-23(13-18)34-16-33-22/h5-8,11-13,20,30H,9-10,14-16H2,1-4H3,(H,28,31)/t20-/m1/s1. The monoisotopic (exact) mass is 464 g/mol. The highest BCUT2D eigenvalue weighted by Crippen LogP contribution is 2.51. The lowest BCUT2D eigenvalue weighted by molar-refractivity contribution is -0.118. The van der Waals surface area contributed by atoms with Gasteiger partial charge >= 0.3 is 0 Å². The molecule has 1 fully saturated rings. The van der Waals surface area contributed by atoms with E-state index in [2.05, 4.69) is 36.7 Å². The molecule has 0 saturated heterocycles. The van der Waals surface area contributed by atoms with Crippen molar-refractivity contribution in [2.24, 2.45) is 0 Å². The molecule has 3 aromatic rings. The Hall–Kier alpha value is -3.03. The third-order valence-corrected chi connectivity index (χ3v) is 6.79. The van der Waals surface area contributed by atoms with Crippen molar-refractivity contribution in [1.82, 2.24) is 4.57 Å². The highest BCUT2D eigenvalue weighted by Gasteiger charge is 2.51. The Morgan fingerprint density at radius 3 is 2.62 bits per heavy atom. The van der Waals surface area contributed by atoms with Crippen LogP contribution in [0.1, 0.15) is 44.9 Å². The quantitative estimate of drug-likeness (QED) is 0.544. The molecule has 0 spiro atoms. The molecule has 1 amide bonds. The van der Waals surface area contributed by atoms with Crippen molar-refractivity contribution in [3.63, 3.8) is 0 Å². The highest BCUT2D eigenvalue weighted by atomic mass is 16.7. The van der Waals surface area contributed by atoms with Gasteiger partial charge in [0.1, 0.15) is 0 Å². The van der Waals surface area contributed by atoms with Crippen molar-refractivity contribution in [3.8, 4) is 11.5 Å². The molecule has 1 aliphatic carbocycles. The lowest BCUT2D eigenvalue weighted by Gasteiger charge is -2.23. The molecule has 2 aliphatic rings. The number of aliphatic hydroxyl groups is 1. The number of ether oxygens (including phenoxy) is 3. The van der Waals surface area contributed by atoms with Gasteiger partial charge in [0.05, 0.1) is 24.7 Å². The minimum absolute atomic E-state index is 0.00305. The molecule has 2 N–H and O–H groups in total. The van der Waals surface area contributed by atoms with Gasteiger partial charge in [-0.15, -0.1) is 0 Å². The molecule has 2 aromatic carbocycles. The van der Waals surface area contributed by atoms with Crippen LogP contribution in [-0.4, -0.2) is 42.2 Å². The summed E-state index contributed by atoms with van der Waals surface area (Å²) in [5.74, 6) is 1.42. The first-order valence-electron chi connectivity index (χ1n) is 11.7. The molecule has 2 heterocycles. The van der Waals surface area contributed by atoms with Crippen LogP contribution in [0.4, 0.5) is 5.69 Å². The molecule has 1 atom stereocenters. The van der Waals surface area contributed by atoms with E-state index in [1.165, 1.54) is 0 Å². The third kappa shape index (κ3) is 4.03. The second kappa shape index (κ2) is 8.32. The maximum Gasteiger partial charge on any atom is 0.235 e. The van der Waals surface area contributed by atoms with Gasteiger partial charge in [-0.25, -0.2) is 0 Å². The van der Waals surface area contributed by atoms with Gasteiger partial charge in [0.25, 0.3) is 0 Å². The van der Waals surface area contributed by atoms with E-state index in [4.69, 9.17) is 14.2 Å². The molecule has 0 radical (unpaired) electrons. The van der Waals surface area contributed by atoms with Crippen molar-refractivity contribution in [1.29, 1.82) is 0 Å². The number of hydrogen-bond donors (Lipinski definition) is 2. The average Bonchev–Trinajstić information content (AvgIpc) is 3.33. The Kier molecular flexibility index (Phi) is 5.57. The molecule has 1 saturated carbocycles. The van der Waals surface area contributed by atoms with Gasteiger partial charge in [-0.1, -0.05) is 26.8 Å². The molecular weight excluding hydrogens is 432 g/mol. The van der Waals surface area contributed by atoms with Gasteiger partial charge in [0, 0.05) is 34.8 Å². The summed E-state index contributed by atoms with van der Waals surface area (Å²) in [6, 6.07) is 13.9. The summed E-state index contributed by atoms with van der Waals surface area (Å²) in [7, 11) is 1.59. The molecule has 180 valence electrons. The topological polar surface area (TPSA) is 82.0 Å². The number of aromatic nitrogens is 1. The Morgan fingerprint density at radius 2 is 1.91 bits per heavy atom. The second-order valence-electron chi connectivity index (χ2n) is 10.4. The summed E-state index contributed by atoms with van der Waals surface area (Å²) >= 11 is 0. The van der Waals surface area contributed by atoms with Crippen LogP contribution in [0.2, 0.25) is 0 Å². The second-order valence-corrected chi connectivity index (χ2v) is 10.4. The number of fused-ring (bicyclic) bond motifs is 2. The predicted molar refractivity (Wildman–Crippen MR) is 131 cm³/mol. The van der Waals surface area contributed by atoms with Crippen LogP contribution in [0.5, 0.6) is 11.5 Å². The van der Waals surface area contributed by atoms with E-state index in [9.17, 15) is 9.90 Å². The lowest BCUT2D eigenvalue weighted by Crippen LogP contribution is -2.27. The normalized spacial score (nSPS) is 17.1. The van der Waals surface area contributed by atoms with Crippen LogP contribution in [0.3, 0.4) is 0 Å². The Bertz CT molecular complexity index is 1240. The largest absolute Gasteiger partial charge is 0.454 e. The predicted octanol–water partition coefficient (Wildman–Crippen LogP) is 4.35. The van der Waals surface area contributed by atoms with E-state index >= 15 is 0 Å². The molecule has 1 aliphatic heterocycles. The van der Waals surface area contributed by atoms with Crippen LogP contribution >= 0.6 is 0 Å². The van der Waals surface area contributed by atoms with E-state index in [1.54, 1.807) is 7.11 Å². The zero-order valence-electron chi connectivity index (χ0n) is 20.2. The number of amides is 1. The fourth-order valence-corrected chi connectivity index (χ4v) is 4.84. The number of carbonyl (C=O) groups is 1. The van der Waals surface area contributed by atoms with Gasteiger partial charge in [-0.3, -0.25) is 4.79 Å². The molecular formula is C27H32N2O5. The smallest absolute Gasteiger partial charge is 0.235 e. The summed E-state index contributed by atoms with van der Waals surface area (Å²) in [5.41, 5.74) is 3.24. The molecule has 0 unspecified atom stereocenters. The van der Waals surface area contributed by atoms with E-state index in [0.717, 1.165) is 46.4 Å². The minimum Gasteiger partial charge on any atom is -0.454 e. The molecule has 34 heavy (non-hydrogen) atoms. The van der Waals surface area contributed by atoms with Crippen molar-refractivity contribution in [2.75, 3.05) is 25.8 Å². The SMILES string of the molecule is COC[C@H](O)Cn1c(C(C)(C)C)cc2cc(NC(=O)C3(c4ccc5c(c4)OCO5)CC3)ccc21. The van der Waals surface area contributed by atoms with Crippen LogP contribution in [-0.2, 0) is 26.9 Å². The Labute approximate surface area is 199 Å². The van der Waals surface area contributed by atoms with Crippen LogP contribution in [0.25, 0.3) is 10.9 Å². The fraction of sp³-hybridized carbons (Fsp3) is 0.444. The molecule has 7 heteroatoms. The molecule has 1 aromatic heterocycles. The maximum absolute atomic E-state index is 13.3. The number of aliphatic hydroxyl groups excluding tert-OH is 1. The van der Waals surface area contributed by atoms with Crippen LogP contribution < -0.4 is 14.8 Å². The number of methoxy groups -OCH3 is 1. The number of carbonyl (C=O) groups excluding carboxylic acids is 1. The van der Waals surface area contributed by atoms with Gasteiger partial charge in [-0.2, -0.15) is 0 Å². The first kappa shape index (κ1) is 22.7. The van der Waals surface area contributed by atoms with E-state index in [0.29, 0.717) is 12.3 Å². The highest BCUT2D eigenvalue weighted by molar-refractivity contribution is 6.02. The summed E-state index contributed by atoms with van der Waals surface area (Å²) in [5, 5.41) is 14.6. The number of nitrogens with one attached hydrogen (secondary N) is 1. The van der Waals surface area contributed by atoms with Crippen LogP contribution in [0, 0.1) is 0 Å². The molecule has 7 nitrogen and oxygen atoms in total. The maximum atomic E-state index is 13.3. The average molecular weight is 465 g/mol. The van der Waals surface area contributed by atoms with Gasteiger partial charge in [0.2, 0.25) is 12.7 Å². The third-order valence-electron chi connectivity index (χ3n) is 6.79. The first-order chi connectivity index (χ1) is 16.2. The van der Waals surface area contributed by atoms with E-state index in [1.807, 2.05) is 36.4 Å². The molecule has 0 bridgehead atoms. The fourth-order valence-electron chi connectivity index (χ4n) is 4.84. The summed E-state index contributed by atoms with van der Waals surface area (Å²) in [6.07, 6.45) is 1.02. The van der Waals surface area contributed by atoms with Gasteiger partial charge in [0.15, 0.2) is 11.5 Å². The lowest BCUT2D eigenvalue weighted by atomic mass is 9.92. The number of nitrogens with zero attached hydrogens (tertiary/aromatic N) is 1. The number of benzene rings is 2. The minimum atomic E-state index is -0.600. The Morgan fingerprint density at radius 1 is 1.15 bits per heavy atom. The van der Waals surface area contributed by atoms with Crippen molar-refractivity contribution in [3.05, 3.63) is 53.7 Å². The van der Waals surface area contributed by atoms with E-state index < -0.39 is 11.5 Å². The summed E-state index contributed by atoms with van der Waals surface area (Å²) in [4.78, 5) is 13.3. The van der Waals surface area contributed by atoms with Crippen molar-refractivity contribution >= 4 is 22.5 Å². The zero-order chi connectivity index (χ0) is 24.1. The van der Waals surface area contributed by atoms with Gasteiger partial charge < -0.3 is 29.2 Å².